The summed E-state index contributed by atoms with van der Waals surface area (Å²) in [5.74, 6) is -1.15. The van der Waals surface area contributed by atoms with E-state index in [-0.39, 0.29) is 18.0 Å². The number of nitrogens with zero attached hydrogens (tertiary/aromatic N) is 2. The molecule has 1 aliphatic rings. The largest absolute Gasteiger partial charge is 0.478 e. The molecular weight excluding hydrogens is 210 g/mol. The fourth-order valence-corrected chi connectivity index (χ4v) is 1.46. The van der Waals surface area contributed by atoms with Gasteiger partial charge in [-0.3, -0.25) is 9.48 Å². The summed E-state index contributed by atoms with van der Waals surface area (Å²) in [6.07, 6.45) is 3.44. The minimum absolute atomic E-state index is 0.0740. The molecule has 6 heteroatoms. The fourth-order valence-electron chi connectivity index (χ4n) is 1.46. The Labute approximate surface area is 92.3 Å². The van der Waals surface area contributed by atoms with Gasteiger partial charge in [0.25, 0.3) is 0 Å². The Morgan fingerprint density at radius 2 is 2.31 bits per heavy atom. The zero-order chi connectivity index (χ0) is 11.7. The average molecular weight is 223 g/mol. The first-order valence-corrected chi connectivity index (χ1v) is 5.13. The van der Waals surface area contributed by atoms with Gasteiger partial charge >= 0.3 is 5.97 Å². The van der Waals surface area contributed by atoms with E-state index in [1.165, 1.54) is 10.9 Å². The molecule has 0 bridgehead atoms. The molecule has 0 aromatic carbocycles. The second-order valence-corrected chi connectivity index (χ2v) is 3.97. The van der Waals surface area contributed by atoms with Crippen molar-refractivity contribution in [3.63, 3.8) is 0 Å². The summed E-state index contributed by atoms with van der Waals surface area (Å²) >= 11 is 0. The number of carbonyl (C=O) groups excluding carboxylic acids is 1. The molecule has 16 heavy (non-hydrogen) atoms. The Morgan fingerprint density at radius 3 is 2.81 bits per heavy atom. The smallest absolute Gasteiger partial charge is 0.339 e. The summed E-state index contributed by atoms with van der Waals surface area (Å²) in [4.78, 5) is 22.2. The van der Waals surface area contributed by atoms with Crippen molar-refractivity contribution in [2.75, 3.05) is 0 Å². The maximum absolute atomic E-state index is 11.4. The van der Waals surface area contributed by atoms with Crippen molar-refractivity contribution in [1.29, 1.82) is 0 Å². The third kappa shape index (κ3) is 2.39. The topological polar surface area (TPSA) is 84.2 Å². The SMILES string of the molecule is Cc1nn(CC(=O)NC2CC2)cc1C(=O)O. The predicted octanol–water partition coefficient (Wildman–Crippen LogP) is 0.168. The van der Waals surface area contributed by atoms with E-state index in [2.05, 4.69) is 10.4 Å². The van der Waals surface area contributed by atoms with Crippen LogP contribution in [0.3, 0.4) is 0 Å². The predicted molar refractivity (Wildman–Crippen MR) is 55.1 cm³/mol. The summed E-state index contributed by atoms with van der Waals surface area (Å²) in [5, 5.41) is 15.6. The highest BCUT2D eigenvalue weighted by Crippen LogP contribution is 2.18. The normalized spacial score (nSPS) is 14.8. The number of carboxylic acids is 1. The summed E-state index contributed by atoms with van der Waals surface area (Å²) in [5.41, 5.74) is 0.561. The van der Waals surface area contributed by atoms with Gasteiger partial charge in [0, 0.05) is 12.2 Å². The van der Waals surface area contributed by atoms with Crippen molar-refractivity contribution in [3.05, 3.63) is 17.5 Å². The Morgan fingerprint density at radius 1 is 1.62 bits per heavy atom. The molecule has 0 saturated heterocycles. The lowest BCUT2D eigenvalue weighted by Crippen LogP contribution is -2.29. The number of rotatable bonds is 4. The van der Waals surface area contributed by atoms with E-state index in [4.69, 9.17) is 5.11 Å². The number of carboxylic acid groups (broad SMARTS) is 1. The van der Waals surface area contributed by atoms with E-state index in [1.807, 2.05) is 0 Å². The fraction of sp³-hybridized carbons (Fsp3) is 0.500. The monoisotopic (exact) mass is 223 g/mol. The van der Waals surface area contributed by atoms with Crippen LogP contribution in [-0.4, -0.2) is 32.8 Å². The molecule has 6 nitrogen and oxygen atoms in total. The van der Waals surface area contributed by atoms with Gasteiger partial charge in [-0.1, -0.05) is 0 Å². The van der Waals surface area contributed by atoms with Crippen LogP contribution in [0.4, 0.5) is 0 Å². The summed E-state index contributed by atoms with van der Waals surface area (Å²) in [6.45, 7) is 1.68. The Kier molecular flexibility index (Phi) is 2.64. The number of aromatic nitrogens is 2. The Hall–Kier alpha value is -1.85. The van der Waals surface area contributed by atoms with Gasteiger partial charge in [0.05, 0.1) is 5.69 Å². The maximum atomic E-state index is 11.4. The van der Waals surface area contributed by atoms with Crippen LogP contribution in [-0.2, 0) is 11.3 Å². The van der Waals surface area contributed by atoms with Crippen LogP contribution in [0.5, 0.6) is 0 Å². The van der Waals surface area contributed by atoms with E-state index >= 15 is 0 Å². The van der Waals surface area contributed by atoms with E-state index in [0.29, 0.717) is 11.7 Å². The molecule has 0 spiro atoms. The second kappa shape index (κ2) is 3.96. The molecule has 0 radical (unpaired) electrons. The first-order chi connectivity index (χ1) is 7.56. The van der Waals surface area contributed by atoms with Gasteiger partial charge in [0.15, 0.2) is 0 Å². The van der Waals surface area contributed by atoms with Gasteiger partial charge in [-0.15, -0.1) is 0 Å². The van der Waals surface area contributed by atoms with Gasteiger partial charge in [0.2, 0.25) is 5.91 Å². The van der Waals surface area contributed by atoms with Crippen LogP contribution in [0, 0.1) is 6.92 Å². The lowest BCUT2D eigenvalue weighted by atomic mass is 10.3. The van der Waals surface area contributed by atoms with E-state index in [0.717, 1.165) is 12.8 Å². The molecule has 1 fully saturated rings. The minimum atomic E-state index is -1.02. The summed E-state index contributed by atoms with van der Waals surface area (Å²) in [6, 6.07) is 0.308. The molecule has 1 amide bonds. The zero-order valence-electron chi connectivity index (χ0n) is 8.93. The minimum Gasteiger partial charge on any atom is -0.478 e. The molecule has 2 rings (SSSR count). The number of aromatic carboxylic acids is 1. The van der Waals surface area contributed by atoms with Crippen LogP contribution >= 0.6 is 0 Å². The molecule has 86 valence electrons. The number of nitrogens with one attached hydrogen (secondary N) is 1. The molecule has 1 saturated carbocycles. The molecule has 1 heterocycles. The van der Waals surface area contributed by atoms with Crippen LogP contribution in [0.1, 0.15) is 28.9 Å². The number of carbonyl (C=O) groups is 2. The van der Waals surface area contributed by atoms with E-state index in [9.17, 15) is 9.59 Å². The average Bonchev–Trinajstić information content (AvgIpc) is 2.89. The van der Waals surface area contributed by atoms with Gasteiger partial charge in [-0.05, 0) is 19.8 Å². The number of hydrogen-bond donors (Lipinski definition) is 2. The van der Waals surface area contributed by atoms with Crippen LogP contribution in [0.15, 0.2) is 6.20 Å². The molecule has 1 aliphatic carbocycles. The third-order valence-electron chi connectivity index (χ3n) is 2.42. The third-order valence-corrected chi connectivity index (χ3v) is 2.42. The molecule has 0 aliphatic heterocycles. The van der Waals surface area contributed by atoms with Gasteiger partial charge in [-0.2, -0.15) is 5.10 Å². The first kappa shape index (κ1) is 10.7. The molecule has 0 unspecified atom stereocenters. The van der Waals surface area contributed by atoms with Crippen LogP contribution in [0.25, 0.3) is 0 Å². The van der Waals surface area contributed by atoms with Gasteiger partial charge < -0.3 is 10.4 Å². The van der Waals surface area contributed by atoms with Crippen molar-refractivity contribution in [2.45, 2.75) is 32.4 Å². The standard InChI is InChI=1S/C10H13N3O3/c1-6-8(10(15)16)4-13(12-6)5-9(14)11-7-2-3-7/h4,7H,2-3,5H2,1H3,(H,11,14)(H,15,16). The molecule has 1 aromatic rings. The number of aryl methyl sites for hydroxylation is 1. The van der Waals surface area contributed by atoms with Crippen molar-refractivity contribution in [2.24, 2.45) is 0 Å². The van der Waals surface area contributed by atoms with Gasteiger partial charge in [0.1, 0.15) is 12.1 Å². The summed E-state index contributed by atoms with van der Waals surface area (Å²) < 4.78 is 1.36. The lowest BCUT2D eigenvalue weighted by molar-refractivity contribution is -0.122. The molecular formula is C10H13N3O3. The zero-order valence-corrected chi connectivity index (χ0v) is 8.93. The quantitative estimate of drug-likeness (QED) is 0.762. The van der Waals surface area contributed by atoms with Crippen molar-refractivity contribution < 1.29 is 14.7 Å². The van der Waals surface area contributed by atoms with Crippen molar-refractivity contribution in [1.82, 2.24) is 15.1 Å². The second-order valence-electron chi connectivity index (χ2n) is 3.97. The molecule has 1 aromatic heterocycles. The van der Waals surface area contributed by atoms with Crippen molar-refractivity contribution >= 4 is 11.9 Å². The van der Waals surface area contributed by atoms with Crippen molar-refractivity contribution in [3.8, 4) is 0 Å². The van der Waals surface area contributed by atoms with Crippen LogP contribution < -0.4 is 5.32 Å². The first-order valence-electron chi connectivity index (χ1n) is 5.13. The number of hydrogen-bond acceptors (Lipinski definition) is 3. The molecule has 2 N–H and O–H groups in total. The molecule has 0 atom stereocenters. The Bertz CT molecular complexity index is 435. The summed E-state index contributed by atoms with van der Waals surface area (Å²) in [7, 11) is 0. The number of amides is 1. The Balaban J connectivity index is 2.00. The van der Waals surface area contributed by atoms with Gasteiger partial charge in [-0.25, -0.2) is 4.79 Å². The lowest BCUT2D eigenvalue weighted by Gasteiger charge is -2.02. The highest BCUT2D eigenvalue weighted by Gasteiger charge is 2.23. The van der Waals surface area contributed by atoms with Crippen LogP contribution in [0.2, 0.25) is 0 Å². The highest BCUT2D eigenvalue weighted by molar-refractivity contribution is 5.88. The highest BCUT2D eigenvalue weighted by atomic mass is 16.4. The maximum Gasteiger partial charge on any atom is 0.339 e. The van der Waals surface area contributed by atoms with E-state index < -0.39 is 5.97 Å². The van der Waals surface area contributed by atoms with E-state index in [1.54, 1.807) is 6.92 Å².